The lowest BCUT2D eigenvalue weighted by Crippen LogP contribution is -2.31. The predicted molar refractivity (Wildman–Crippen MR) is 76.3 cm³/mol. The van der Waals surface area contributed by atoms with E-state index < -0.39 is 10.0 Å². The van der Waals surface area contributed by atoms with Crippen LogP contribution in [-0.2, 0) is 27.9 Å². The van der Waals surface area contributed by atoms with Crippen molar-refractivity contribution in [3.63, 3.8) is 0 Å². The largest absolute Gasteiger partial charge is 0.380 e. The molecule has 0 aliphatic heterocycles. The molecular weight excluding hydrogens is 264 g/mol. The van der Waals surface area contributed by atoms with Gasteiger partial charge in [-0.2, -0.15) is 0 Å². The van der Waals surface area contributed by atoms with Gasteiger partial charge in [0.25, 0.3) is 0 Å². The maximum Gasteiger partial charge on any atom is 0.212 e. The Morgan fingerprint density at radius 1 is 1.26 bits per heavy atom. The minimum atomic E-state index is -3.14. The maximum atomic E-state index is 11.4. The van der Waals surface area contributed by atoms with Crippen LogP contribution >= 0.6 is 0 Å². The molecule has 0 heterocycles. The van der Waals surface area contributed by atoms with E-state index in [1.807, 2.05) is 18.2 Å². The zero-order chi connectivity index (χ0) is 14.1. The van der Waals surface area contributed by atoms with Crippen molar-refractivity contribution in [3.8, 4) is 0 Å². The summed E-state index contributed by atoms with van der Waals surface area (Å²) in [5, 5.41) is 3.13. The molecule has 0 aromatic heterocycles. The minimum Gasteiger partial charge on any atom is -0.380 e. The Bertz CT molecular complexity index is 475. The van der Waals surface area contributed by atoms with Crippen LogP contribution in [0.1, 0.15) is 18.1 Å². The summed E-state index contributed by atoms with van der Waals surface area (Å²) in [6.45, 7) is 3.87. The van der Waals surface area contributed by atoms with E-state index >= 15 is 0 Å². The van der Waals surface area contributed by atoms with Gasteiger partial charge >= 0.3 is 0 Å². The molecule has 0 aliphatic carbocycles. The zero-order valence-corrected chi connectivity index (χ0v) is 12.3. The fourth-order valence-electron chi connectivity index (χ4n) is 1.73. The highest BCUT2D eigenvalue weighted by atomic mass is 32.2. The monoisotopic (exact) mass is 286 g/mol. The van der Waals surface area contributed by atoms with Gasteiger partial charge in [0.1, 0.15) is 0 Å². The van der Waals surface area contributed by atoms with E-state index in [0.29, 0.717) is 26.2 Å². The number of methoxy groups -OCH3 is 1. The van der Waals surface area contributed by atoms with Crippen molar-refractivity contribution in [1.82, 2.24) is 10.0 Å². The third-order valence-electron chi connectivity index (χ3n) is 2.54. The van der Waals surface area contributed by atoms with E-state index in [-0.39, 0.29) is 5.75 Å². The lowest BCUT2D eigenvalue weighted by Gasteiger charge is -2.08. The van der Waals surface area contributed by atoms with Gasteiger partial charge in [-0.3, -0.25) is 0 Å². The maximum absolute atomic E-state index is 11.4. The van der Waals surface area contributed by atoms with E-state index in [0.717, 1.165) is 11.1 Å². The molecule has 0 bridgehead atoms. The molecule has 0 saturated heterocycles. The average Bonchev–Trinajstić information content (AvgIpc) is 2.36. The number of rotatable bonds is 9. The van der Waals surface area contributed by atoms with Crippen molar-refractivity contribution in [2.24, 2.45) is 0 Å². The first-order chi connectivity index (χ1) is 9.07. The van der Waals surface area contributed by atoms with Gasteiger partial charge in [0.2, 0.25) is 10.0 Å². The van der Waals surface area contributed by atoms with Crippen LogP contribution in [-0.4, -0.2) is 34.4 Å². The van der Waals surface area contributed by atoms with Gasteiger partial charge in [-0.05, 0) is 11.1 Å². The Morgan fingerprint density at radius 3 is 2.68 bits per heavy atom. The summed E-state index contributed by atoms with van der Waals surface area (Å²) < 4.78 is 30.4. The SMILES string of the molecule is CCNS(=O)(=O)CCNCc1cccc(COC)c1. The summed E-state index contributed by atoms with van der Waals surface area (Å²) in [5.74, 6) is 0.0958. The molecule has 0 aliphatic rings. The lowest BCUT2D eigenvalue weighted by atomic mass is 10.1. The molecular formula is C13H22N2O3S. The highest BCUT2D eigenvalue weighted by Crippen LogP contribution is 2.06. The second kappa shape index (κ2) is 8.27. The van der Waals surface area contributed by atoms with Crippen LogP contribution in [0.2, 0.25) is 0 Å². The molecule has 0 saturated carbocycles. The first-order valence-electron chi connectivity index (χ1n) is 6.32. The van der Waals surface area contributed by atoms with E-state index in [1.165, 1.54) is 0 Å². The number of benzene rings is 1. The van der Waals surface area contributed by atoms with Crippen LogP contribution in [0.15, 0.2) is 24.3 Å². The second-order valence-electron chi connectivity index (χ2n) is 4.25. The smallest absolute Gasteiger partial charge is 0.212 e. The van der Waals surface area contributed by atoms with Crippen LogP contribution in [0.3, 0.4) is 0 Å². The molecule has 0 spiro atoms. The van der Waals surface area contributed by atoms with Gasteiger partial charge < -0.3 is 10.1 Å². The molecule has 1 aromatic carbocycles. The van der Waals surface area contributed by atoms with E-state index in [4.69, 9.17) is 4.74 Å². The number of hydrogen-bond donors (Lipinski definition) is 2. The molecule has 0 fully saturated rings. The highest BCUT2D eigenvalue weighted by molar-refractivity contribution is 7.89. The quantitative estimate of drug-likeness (QED) is 0.661. The standard InChI is InChI=1S/C13H22N2O3S/c1-3-15-19(16,17)8-7-14-10-12-5-4-6-13(9-12)11-18-2/h4-6,9,14-15H,3,7-8,10-11H2,1-2H3. The average molecular weight is 286 g/mol. The normalized spacial score (nSPS) is 11.7. The Labute approximate surface area is 115 Å². The van der Waals surface area contributed by atoms with Crippen molar-refractivity contribution in [3.05, 3.63) is 35.4 Å². The number of ether oxygens (including phenoxy) is 1. The summed E-state index contributed by atoms with van der Waals surface area (Å²) in [6.07, 6.45) is 0. The van der Waals surface area contributed by atoms with Gasteiger partial charge in [-0.1, -0.05) is 31.2 Å². The topological polar surface area (TPSA) is 67.4 Å². The summed E-state index contributed by atoms with van der Waals surface area (Å²) in [4.78, 5) is 0. The molecule has 0 radical (unpaired) electrons. The summed E-state index contributed by atoms with van der Waals surface area (Å²) in [7, 11) is -1.47. The fourth-order valence-corrected chi connectivity index (χ4v) is 2.72. The molecule has 6 heteroatoms. The second-order valence-corrected chi connectivity index (χ2v) is 6.17. The molecule has 5 nitrogen and oxygen atoms in total. The van der Waals surface area contributed by atoms with Crippen molar-refractivity contribution in [1.29, 1.82) is 0 Å². The first kappa shape index (κ1) is 16.1. The van der Waals surface area contributed by atoms with Crippen molar-refractivity contribution in [2.75, 3.05) is 26.0 Å². The highest BCUT2D eigenvalue weighted by Gasteiger charge is 2.07. The van der Waals surface area contributed by atoms with Crippen molar-refractivity contribution >= 4 is 10.0 Å². The molecule has 2 N–H and O–H groups in total. The van der Waals surface area contributed by atoms with Crippen LogP contribution < -0.4 is 10.0 Å². The van der Waals surface area contributed by atoms with Crippen LogP contribution in [0, 0.1) is 0 Å². The van der Waals surface area contributed by atoms with Gasteiger partial charge in [-0.15, -0.1) is 0 Å². The van der Waals surface area contributed by atoms with Gasteiger partial charge in [0, 0.05) is 26.7 Å². The Kier molecular flexibility index (Phi) is 7.01. The fraction of sp³-hybridized carbons (Fsp3) is 0.538. The van der Waals surface area contributed by atoms with E-state index in [1.54, 1.807) is 14.0 Å². The number of sulfonamides is 1. The molecule has 0 atom stereocenters. The third kappa shape index (κ3) is 6.68. The third-order valence-corrected chi connectivity index (χ3v) is 4.01. The molecule has 19 heavy (non-hydrogen) atoms. The summed E-state index contributed by atoms with van der Waals surface area (Å²) >= 11 is 0. The zero-order valence-electron chi connectivity index (χ0n) is 11.5. The summed E-state index contributed by atoms with van der Waals surface area (Å²) in [5.41, 5.74) is 2.23. The molecule has 1 aromatic rings. The first-order valence-corrected chi connectivity index (χ1v) is 7.97. The minimum absolute atomic E-state index is 0.0958. The van der Waals surface area contributed by atoms with Gasteiger partial charge in [0.05, 0.1) is 12.4 Å². The molecule has 0 amide bonds. The van der Waals surface area contributed by atoms with Crippen molar-refractivity contribution in [2.45, 2.75) is 20.1 Å². The molecule has 0 unspecified atom stereocenters. The number of hydrogen-bond acceptors (Lipinski definition) is 4. The molecule has 108 valence electrons. The van der Waals surface area contributed by atoms with Crippen LogP contribution in [0.4, 0.5) is 0 Å². The summed E-state index contributed by atoms with van der Waals surface area (Å²) in [6, 6.07) is 8.03. The Balaban J connectivity index is 2.35. The van der Waals surface area contributed by atoms with Crippen LogP contribution in [0.25, 0.3) is 0 Å². The van der Waals surface area contributed by atoms with Crippen LogP contribution in [0.5, 0.6) is 0 Å². The number of nitrogens with one attached hydrogen (secondary N) is 2. The van der Waals surface area contributed by atoms with E-state index in [9.17, 15) is 8.42 Å². The van der Waals surface area contributed by atoms with E-state index in [2.05, 4.69) is 16.1 Å². The van der Waals surface area contributed by atoms with Crippen molar-refractivity contribution < 1.29 is 13.2 Å². The Morgan fingerprint density at radius 2 is 2.00 bits per heavy atom. The predicted octanol–water partition coefficient (Wildman–Crippen LogP) is 0.862. The molecule has 1 rings (SSSR count). The van der Waals surface area contributed by atoms with Gasteiger partial charge in [-0.25, -0.2) is 13.1 Å². The van der Waals surface area contributed by atoms with Gasteiger partial charge in [0.15, 0.2) is 0 Å². The lowest BCUT2D eigenvalue weighted by molar-refractivity contribution is 0.185. The Hall–Kier alpha value is -0.950.